The highest BCUT2D eigenvalue weighted by Gasteiger charge is 2.18. The fourth-order valence-corrected chi connectivity index (χ4v) is 2.43. The van der Waals surface area contributed by atoms with E-state index >= 15 is 0 Å². The molecule has 0 amide bonds. The van der Waals surface area contributed by atoms with Crippen molar-refractivity contribution in [1.29, 1.82) is 0 Å². The molecule has 0 radical (unpaired) electrons. The van der Waals surface area contributed by atoms with E-state index in [-0.39, 0.29) is 0 Å². The molecule has 1 fully saturated rings. The summed E-state index contributed by atoms with van der Waals surface area (Å²) in [5, 5.41) is 8.06. The van der Waals surface area contributed by atoms with Gasteiger partial charge in [0, 0.05) is 39.3 Å². The van der Waals surface area contributed by atoms with Crippen LogP contribution in [-0.2, 0) is 20.0 Å². The van der Waals surface area contributed by atoms with E-state index in [0.717, 1.165) is 32.6 Å². The molecule has 2 heterocycles. The molecule has 1 aliphatic heterocycles. The number of piperazine rings is 1. The second-order valence-electron chi connectivity index (χ2n) is 4.90. The average molecular weight is 236 g/mol. The molecule has 17 heavy (non-hydrogen) atoms. The van der Waals surface area contributed by atoms with Crippen LogP contribution in [0.25, 0.3) is 0 Å². The van der Waals surface area contributed by atoms with Crippen LogP contribution in [0.3, 0.4) is 0 Å². The minimum atomic E-state index is 0.655. The fraction of sp³-hybridized carbons (Fsp3) is 0.769. The van der Waals surface area contributed by atoms with Crippen molar-refractivity contribution in [2.75, 3.05) is 19.6 Å². The second-order valence-corrected chi connectivity index (χ2v) is 4.90. The van der Waals surface area contributed by atoms with Crippen LogP contribution in [0.5, 0.6) is 0 Å². The van der Waals surface area contributed by atoms with E-state index in [1.165, 1.54) is 17.8 Å². The highest BCUT2D eigenvalue weighted by atomic mass is 15.3. The third-order valence-electron chi connectivity index (χ3n) is 3.61. The summed E-state index contributed by atoms with van der Waals surface area (Å²) in [5.41, 5.74) is 2.53. The van der Waals surface area contributed by atoms with Gasteiger partial charge in [0.05, 0.1) is 11.4 Å². The predicted octanol–water partition coefficient (Wildman–Crippen LogP) is 1.17. The lowest BCUT2D eigenvalue weighted by molar-refractivity contribution is 0.186. The Kier molecular flexibility index (Phi) is 4.18. The van der Waals surface area contributed by atoms with Gasteiger partial charge in [-0.1, -0.05) is 13.8 Å². The number of hydrogen-bond acceptors (Lipinski definition) is 3. The van der Waals surface area contributed by atoms with E-state index in [1.54, 1.807) is 0 Å². The summed E-state index contributed by atoms with van der Waals surface area (Å²) in [4.78, 5) is 2.53. The summed E-state index contributed by atoms with van der Waals surface area (Å²) in [5.74, 6) is 0. The molecule has 1 aliphatic rings. The molecule has 96 valence electrons. The van der Waals surface area contributed by atoms with E-state index in [4.69, 9.17) is 0 Å². The zero-order chi connectivity index (χ0) is 12.3. The summed E-state index contributed by atoms with van der Waals surface area (Å²) < 4.78 is 2.03. The minimum Gasteiger partial charge on any atom is -0.311 e. The molecule has 0 aromatic carbocycles. The monoisotopic (exact) mass is 236 g/mol. The van der Waals surface area contributed by atoms with Crippen LogP contribution in [0.15, 0.2) is 6.07 Å². The van der Waals surface area contributed by atoms with Crippen molar-refractivity contribution in [3.8, 4) is 0 Å². The third kappa shape index (κ3) is 3.07. The summed E-state index contributed by atoms with van der Waals surface area (Å²) >= 11 is 0. The maximum atomic E-state index is 4.51. The fourth-order valence-electron chi connectivity index (χ4n) is 2.43. The predicted molar refractivity (Wildman–Crippen MR) is 69.9 cm³/mol. The number of nitrogens with one attached hydrogen (secondary N) is 1. The molecule has 4 heteroatoms. The summed E-state index contributed by atoms with van der Waals surface area (Å²) in [6, 6.07) is 2.89. The van der Waals surface area contributed by atoms with Crippen LogP contribution in [0, 0.1) is 0 Å². The summed E-state index contributed by atoms with van der Waals surface area (Å²) in [7, 11) is 2.05. The Balaban J connectivity index is 1.97. The van der Waals surface area contributed by atoms with Gasteiger partial charge in [-0.05, 0) is 18.9 Å². The van der Waals surface area contributed by atoms with Crippen molar-refractivity contribution in [3.05, 3.63) is 17.5 Å². The van der Waals surface area contributed by atoms with Gasteiger partial charge in [0.2, 0.25) is 0 Å². The molecule has 0 bridgehead atoms. The Bertz CT molecular complexity index is 358. The van der Waals surface area contributed by atoms with E-state index in [0.29, 0.717) is 6.04 Å². The first-order valence-corrected chi connectivity index (χ1v) is 6.70. The topological polar surface area (TPSA) is 33.1 Å². The van der Waals surface area contributed by atoms with Crippen molar-refractivity contribution in [2.24, 2.45) is 7.05 Å². The Labute approximate surface area is 104 Å². The Hall–Kier alpha value is -0.870. The van der Waals surface area contributed by atoms with Crippen molar-refractivity contribution < 1.29 is 0 Å². The van der Waals surface area contributed by atoms with Crippen LogP contribution < -0.4 is 5.32 Å². The molecule has 0 spiro atoms. The first-order valence-electron chi connectivity index (χ1n) is 6.70. The smallest absolute Gasteiger partial charge is 0.0625 e. The zero-order valence-corrected chi connectivity index (χ0v) is 11.2. The number of rotatable bonds is 4. The lowest BCUT2D eigenvalue weighted by Gasteiger charge is -2.33. The average Bonchev–Trinajstić information content (AvgIpc) is 2.70. The van der Waals surface area contributed by atoms with Gasteiger partial charge in [-0.25, -0.2) is 0 Å². The van der Waals surface area contributed by atoms with Crippen molar-refractivity contribution in [2.45, 2.75) is 39.3 Å². The van der Waals surface area contributed by atoms with Gasteiger partial charge < -0.3 is 5.32 Å². The largest absolute Gasteiger partial charge is 0.311 e. The van der Waals surface area contributed by atoms with Crippen LogP contribution in [-0.4, -0.2) is 40.4 Å². The third-order valence-corrected chi connectivity index (χ3v) is 3.61. The molecule has 0 saturated carbocycles. The van der Waals surface area contributed by atoms with Crippen molar-refractivity contribution >= 4 is 0 Å². The van der Waals surface area contributed by atoms with E-state index < -0.39 is 0 Å². The van der Waals surface area contributed by atoms with Crippen molar-refractivity contribution in [3.63, 3.8) is 0 Å². The van der Waals surface area contributed by atoms with E-state index in [1.807, 2.05) is 11.7 Å². The normalized spacial score (nSPS) is 21.9. The van der Waals surface area contributed by atoms with Crippen LogP contribution in [0.4, 0.5) is 0 Å². The standard InChI is InChI=1S/C13H24N4/c1-4-11-8-13(16(3)15-11)10-17-7-6-14-12(5-2)9-17/h8,12,14H,4-7,9-10H2,1-3H3. The molecule has 1 aromatic rings. The lowest BCUT2D eigenvalue weighted by atomic mass is 10.1. The molecule has 0 aliphatic carbocycles. The Morgan fingerprint density at radius 3 is 2.94 bits per heavy atom. The number of hydrogen-bond donors (Lipinski definition) is 1. The van der Waals surface area contributed by atoms with Gasteiger partial charge in [0.15, 0.2) is 0 Å². The lowest BCUT2D eigenvalue weighted by Crippen LogP contribution is -2.49. The van der Waals surface area contributed by atoms with Gasteiger partial charge in [0.1, 0.15) is 0 Å². The number of nitrogens with zero attached hydrogens (tertiary/aromatic N) is 3. The molecule has 2 rings (SSSR count). The molecule has 1 unspecified atom stereocenters. The molecule has 1 saturated heterocycles. The number of aryl methyl sites for hydroxylation is 2. The quantitative estimate of drug-likeness (QED) is 0.852. The Morgan fingerprint density at radius 1 is 1.47 bits per heavy atom. The van der Waals surface area contributed by atoms with Gasteiger partial charge in [-0.2, -0.15) is 5.10 Å². The number of aromatic nitrogens is 2. The van der Waals surface area contributed by atoms with E-state index in [9.17, 15) is 0 Å². The maximum absolute atomic E-state index is 4.51. The van der Waals surface area contributed by atoms with Gasteiger partial charge in [0.25, 0.3) is 0 Å². The zero-order valence-electron chi connectivity index (χ0n) is 11.2. The van der Waals surface area contributed by atoms with Crippen molar-refractivity contribution in [1.82, 2.24) is 20.0 Å². The molecule has 1 N–H and O–H groups in total. The molecule has 1 aromatic heterocycles. The highest BCUT2D eigenvalue weighted by Crippen LogP contribution is 2.10. The summed E-state index contributed by atoms with van der Waals surface area (Å²) in [6.45, 7) is 8.84. The molecule has 4 nitrogen and oxygen atoms in total. The van der Waals surface area contributed by atoms with E-state index in [2.05, 4.69) is 35.2 Å². The second kappa shape index (κ2) is 5.65. The summed E-state index contributed by atoms with van der Waals surface area (Å²) in [6.07, 6.45) is 2.23. The SMILES string of the molecule is CCc1cc(CN2CCNC(CC)C2)n(C)n1. The first-order chi connectivity index (χ1) is 8.22. The molecular formula is C13H24N4. The van der Waals surface area contributed by atoms with Crippen LogP contribution >= 0.6 is 0 Å². The highest BCUT2D eigenvalue weighted by molar-refractivity contribution is 5.10. The maximum Gasteiger partial charge on any atom is 0.0625 e. The molecular weight excluding hydrogens is 212 g/mol. The first kappa shape index (κ1) is 12.6. The van der Waals surface area contributed by atoms with Crippen LogP contribution in [0.2, 0.25) is 0 Å². The van der Waals surface area contributed by atoms with Crippen LogP contribution in [0.1, 0.15) is 31.7 Å². The van der Waals surface area contributed by atoms with Gasteiger partial charge in [-0.15, -0.1) is 0 Å². The van der Waals surface area contributed by atoms with Gasteiger partial charge in [-0.3, -0.25) is 9.58 Å². The van der Waals surface area contributed by atoms with Gasteiger partial charge >= 0.3 is 0 Å². The molecule has 1 atom stereocenters. The Morgan fingerprint density at radius 2 is 2.29 bits per heavy atom. The minimum absolute atomic E-state index is 0.655.